The van der Waals surface area contributed by atoms with Gasteiger partial charge in [-0.15, -0.1) is 0 Å². The lowest BCUT2D eigenvalue weighted by molar-refractivity contribution is -0.133. The molecule has 1 aliphatic carbocycles. The highest BCUT2D eigenvalue weighted by Gasteiger charge is 2.25. The van der Waals surface area contributed by atoms with E-state index in [0.717, 1.165) is 25.7 Å². The number of rotatable bonds is 4. The van der Waals surface area contributed by atoms with E-state index in [1.165, 1.54) is 0 Å². The molecule has 1 amide bonds. The Balaban J connectivity index is 2.37. The number of likely N-dealkylation sites (N-methyl/N-ethyl adjacent to an activating group) is 1. The average Bonchev–Trinajstić information content (AvgIpc) is 2.14. The maximum Gasteiger partial charge on any atom is 0.222 e. The Labute approximate surface area is 104 Å². The molecule has 1 rings (SSSR count). The molecule has 0 heterocycles. The summed E-state index contributed by atoms with van der Waals surface area (Å²) >= 11 is 0. The van der Waals surface area contributed by atoms with Crippen LogP contribution in [0.4, 0.5) is 0 Å². The zero-order valence-corrected chi connectivity index (χ0v) is 11.3. The summed E-state index contributed by atoms with van der Waals surface area (Å²) in [4.78, 5) is 13.6. The third-order valence-corrected chi connectivity index (χ3v) is 3.34. The molecule has 0 aliphatic heterocycles. The molecule has 1 aliphatic rings. The molecular weight excluding hydrogens is 216 g/mol. The number of nitrogens with zero attached hydrogens (tertiary/aromatic N) is 1. The van der Waals surface area contributed by atoms with Crippen molar-refractivity contribution < 1.29 is 9.90 Å². The summed E-state index contributed by atoms with van der Waals surface area (Å²) < 4.78 is 0. The maximum atomic E-state index is 12.0. The molecule has 0 aromatic rings. The monoisotopic (exact) mass is 242 g/mol. The van der Waals surface area contributed by atoms with Gasteiger partial charge < -0.3 is 15.7 Å². The molecule has 3 N–H and O–H groups in total. The Morgan fingerprint density at radius 1 is 1.47 bits per heavy atom. The van der Waals surface area contributed by atoms with E-state index < -0.39 is 5.60 Å². The summed E-state index contributed by atoms with van der Waals surface area (Å²) in [5.74, 6) is 0.543. The summed E-state index contributed by atoms with van der Waals surface area (Å²) in [6.45, 7) is 3.81. The summed E-state index contributed by atoms with van der Waals surface area (Å²) in [5.41, 5.74) is 5.09. The lowest BCUT2D eigenvalue weighted by Crippen LogP contribution is -2.41. The van der Waals surface area contributed by atoms with Crippen molar-refractivity contribution in [1.82, 2.24) is 4.90 Å². The van der Waals surface area contributed by atoms with Gasteiger partial charge in [0.05, 0.1) is 5.60 Å². The van der Waals surface area contributed by atoms with Crippen molar-refractivity contribution in [3.05, 3.63) is 0 Å². The van der Waals surface area contributed by atoms with Crippen molar-refractivity contribution in [2.75, 3.05) is 13.6 Å². The van der Waals surface area contributed by atoms with E-state index in [1.807, 2.05) is 0 Å². The minimum absolute atomic E-state index is 0.117. The van der Waals surface area contributed by atoms with Gasteiger partial charge in [0.2, 0.25) is 5.91 Å². The summed E-state index contributed by atoms with van der Waals surface area (Å²) in [5, 5.41) is 9.67. The highest BCUT2D eigenvalue weighted by molar-refractivity contribution is 5.76. The van der Waals surface area contributed by atoms with Gasteiger partial charge in [-0.1, -0.05) is 6.42 Å². The van der Waals surface area contributed by atoms with Crippen LogP contribution in [-0.2, 0) is 4.79 Å². The lowest BCUT2D eigenvalue weighted by atomic mass is 9.84. The number of hydrogen-bond donors (Lipinski definition) is 2. The molecular formula is C13H26N2O2. The second-order valence-electron chi connectivity index (χ2n) is 6.06. The predicted molar refractivity (Wildman–Crippen MR) is 68.5 cm³/mol. The zero-order valence-electron chi connectivity index (χ0n) is 11.3. The van der Waals surface area contributed by atoms with E-state index >= 15 is 0 Å². The third-order valence-electron chi connectivity index (χ3n) is 3.34. The fourth-order valence-corrected chi connectivity index (χ4v) is 2.59. The molecule has 2 atom stereocenters. The number of aliphatic hydroxyl groups is 1. The summed E-state index contributed by atoms with van der Waals surface area (Å²) in [7, 11) is 1.75. The van der Waals surface area contributed by atoms with Crippen LogP contribution in [0.1, 0.15) is 46.0 Å². The van der Waals surface area contributed by atoms with E-state index in [-0.39, 0.29) is 11.9 Å². The quantitative estimate of drug-likeness (QED) is 0.776. The van der Waals surface area contributed by atoms with Crippen LogP contribution in [0.2, 0.25) is 0 Å². The van der Waals surface area contributed by atoms with Crippen LogP contribution in [0.3, 0.4) is 0 Å². The highest BCUT2D eigenvalue weighted by atomic mass is 16.3. The smallest absolute Gasteiger partial charge is 0.222 e. The fraction of sp³-hybridized carbons (Fsp3) is 0.923. The Morgan fingerprint density at radius 3 is 2.65 bits per heavy atom. The maximum absolute atomic E-state index is 12.0. The second kappa shape index (κ2) is 5.83. The van der Waals surface area contributed by atoms with Crippen LogP contribution in [0.25, 0.3) is 0 Å². The standard InChI is InChI=1S/C13H26N2O2/c1-13(2,17)9-15(3)12(16)8-10-5-4-6-11(14)7-10/h10-11,17H,4-9,14H2,1-3H3. The third kappa shape index (κ3) is 5.50. The van der Waals surface area contributed by atoms with Gasteiger partial charge in [0.25, 0.3) is 0 Å². The summed E-state index contributed by atoms with van der Waals surface area (Å²) in [6, 6.07) is 0.265. The van der Waals surface area contributed by atoms with E-state index in [1.54, 1.807) is 25.8 Å². The molecule has 1 fully saturated rings. The van der Waals surface area contributed by atoms with Gasteiger partial charge in [-0.3, -0.25) is 4.79 Å². The normalized spacial score (nSPS) is 25.7. The van der Waals surface area contributed by atoms with Crippen LogP contribution in [0, 0.1) is 5.92 Å². The first-order valence-corrected chi connectivity index (χ1v) is 6.50. The van der Waals surface area contributed by atoms with Gasteiger partial charge in [0.15, 0.2) is 0 Å². The SMILES string of the molecule is CN(CC(C)(C)O)C(=O)CC1CCCC(N)C1. The largest absolute Gasteiger partial charge is 0.389 e. The van der Waals surface area contributed by atoms with Crippen LogP contribution in [0.15, 0.2) is 0 Å². The first-order valence-electron chi connectivity index (χ1n) is 6.50. The van der Waals surface area contributed by atoms with E-state index in [4.69, 9.17) is 5.73 Å². The van der Waals surface area contributed by atoms with Crippen LogP contribution in [-0.4, -0.2) is 41.1 Å². The van der Waals surface area contributed by atoms with Crippen molar-refractivity contribution in [2.24, 2.45) is 11.7 Å². The molecule has 0 bridgehead atoms. The van der Waals surface area contributed by atoms with Crippen molar-refractivity contribution in [1.29, 1.82) is 0 Å². The molecule has 2 unspecified atom stereocenters. The first-order chi connectivity index (χ1) is 7.78. The van der Waals surface area contributed by atoms with Gasteiger partial charge in [0, 0.05) is 26.1 Å². The molecule has 4 nitrogen and oxygen atoms in total. The average molecular weight is 242 g/mol. The van der Waals surface area contributed by atoms with Crippen molar-refractivity contribution in [3.8, 4) is 0 Å². The van der Waals surface area contributed by atoms with E-state index in [9.17, 15) is 9.90 Å². The molecule has 0 aromatic carbocycles. The van der Waals surface area contributed by atoms with Crippen molar-refractivity contribution in [3.63, 3.8) is 0 Å². The molecule has 0 aromatic heterocycles. The Hall–Kier alpha value is -0.610. The topological polar surface area (TPSA) is 66.6 Å². The first kappa shape index (κ1) is 14.5. The van der Waals surface area contributed by atoms with Gasteiger partial charge >= 0.3 is 0 Å². The molecule has 0 saturated heterocycles. The fourth-order valence-electron chi connectivity index (χ4n) is 2.59. The van der Waals surface area contributed by atoms with Gasteiger partial charge in [-0.25, -0.2) is 0 Å². The Bertz CT molecular complexity index is 261. The van der Waals surface area contributed by atoms with E-state index in [0.29, 0.717) is 18.9 Å². The van der Waals surface area contributed by atoms with Gasteiger partial charge in [-0.2, -0.15) is 0 Å². The minimum atomic E-state index is -0.826. The van der Waals surface area contributed by atoms with Crippen LogP contribution in [0.5, 0.6) is 0 Å². The molecule has 17 heavy (non-hydrogen) atoms. The molecule has 0 radical (unpaired) electrons. The number of carbonyl (C=O) groups is 1. The number of carbonyl (C=O) groups excluding carboxylic acids is 1. The lowest BCUT2D eigenvalue weighted by Gasteiger charge is -2.30. The van der Waals surface area contributed by atoms with Crippen molar-refractivity contribution in [2.45, 2.75) is 57.6 Å². The Kier molecular flexibility index (Phi) is 4.95. The molecule has 1 saturated carbocycles. The Morgan fingerprint density at radius 2 is 2.12 bits per heavy atom. The second-order valence-corrected chi connectivity index (χ2v) is 6.06. The van der Waals surface area contributed by atoms with E-state index in [2.05, 4.69) is 0 Å². The van der Waals surface area contributed by atoms with Crippen molar-refractivity contribution >= 4 is 5.91 Å². The van der Waals surface area contributed by atoms with Crippen LogP contribution < -0.4 is 5.73 Å². The minimum Gasteiger partial charge on any atom is -0.389 e. The molecule has 4 heteroatoms. The summed E-state index contributed by atoms with van der Waals surface area (Å²) in [6.07, 6.45) is 4.86. The predicted octanol–water partition coefficient (Wildman–Crippen LogP) is 1.12. The van der Waals surface area contributed by atoms with Gasteiger partial charge in [-0.05, 0) is 39.0 Å². The number of nitrogens with two attached hydrogens (primary N) is 1. The molecule has 100 valence electrons. The zero-order chi connectivity index (χ0) is 13.1. The molecule has 0 spiro atoms. The number of amides is 1. The van der Waals surface area contributed by atoms with Crippen LogP contribution >= 0.6 is 0 Å². The van der Waals surface area contributed by atoms with Gasteiger partial charge in [0.1, 0.15) is 0 Å². The number of hydrogen-bond acceptors (Lipinski definition) is 3. The highest BCUT2D eigenvalue weighted by Crippen LogP contribution is 2.26.